The lowest BCUT2D eigenvalue weighted by Gasteiger charge is -2.18. The van der Waals surface area contributed by atoms with Gasteiger partial charge in [0.2, 0.25) is 5.91 Å². The Hall–Kier alpha value is -1.35. The van der Waals surface area contributed by atoms with Crippen molar-refractivity contribution in [1.29, 1.82) is 0 Å². The van der Waals surface area contributed by atoms with Gasteiger partial charge in [-0.15, -0.1) is 0 Å². The van der Waals surface area contributed by atoms with Crippen LogP contribution in [0, 0.1) is 6.92 Å². The van der Waals surface area contributed by atoms with Crippen LogP contribution in [0.1, 0.15) is 12.0 Å². The zero-order valence-corrected chi connectivity index (χ0v) is 9.16. The third-order valence-electron chi connectivity index (χ3n) is 2.96. The summed E-state index contributed by atoms with van der Waals surface area (Å²) in [5.41, 5.74) is 2.20. The highest BCUT2D eigenvalue weighted by molar-refractivity contribution is 5.99. The van der Waals surface area contributed by atoms with Crippen molar-refractivity contribution >= 4 is 11.6 Å². The van der Waals surface area contributed by atoms with Gasteiger partial charge in [0.15, 0.2) is 0 Å². The Morgan fingerprint density at radius 1 is 1.40 bits per heavy atom. The van der Waals surface area contributed by atoms with E-state index in [1.54, 1.807) is 0 Å². The highest BCUT2D eigenvalue weighted by Crippen LogP contribution is 2.24. The number of amides is 1. The molecule has 3 heteroatoms. The maximum absolute atomic E-state index is 12.0. The molecule has 1 heterocycles. The van der Waals surface area contributed by atoms with E-state index in [0.29, 0.717) is 0 Å². The van der Waals surface area contributed by atoms with Gasteiger partial charge in [-0.3, -0.25) is 4.79 Å². The third-order valence-corrected chi connectivity index (χ3v) is 2.96. The van der Waals surface area contributed by atoms with Gasteiger partial charge < -0.3 is 10.2 Å². The fourth-order valence-electron chi connectivity index (χ4n) is 2.05. The van der Waals surface area contributed by atoms with Crippen LogP contribution in [0.3, 0.4) is 0 Å². The van der Waals surface area contributed by atoms with Gasteiger partial charge in [-0.2, -0.15) is 0 Å². The summed E-state index contributed by atoms with van der Waals surface area (Å²) in [7, 11) is 1.84. The highest BCUT2D eigenvalue weighted by atomic mass is 16.2. The number of hydrogen-bond acceptors (Lipinski definition) is 2. The molecule has 2 rings (SSSR count). The van der Waals surface area contributed by atoms with Crippen LogP contribution in [0.2, 0.25) is 0 Å². The Morgan fingerprint density at radius 3 is 2.73 bits per heavy atom. The zero-order valence-electron chi connectivity index (χ0n) is 9.16. The average molecular weight is 204 g/mol. The largest absolute Gasteiger partial charge is 0.311 e. The molecule has 3 nitrogen and oxygen atoms in total. The van der Waals surface area contributed by atoms with Crippen molar-refractivity contribution in [2.24, 2.45) is 0 Å². The number of anilines is 1. The summed E-state index contributed by atoms with van der Waals surface area (Å²) in [5, 5.41) is 3.04. The first-order valence-corrected chi connectivity index (χ1v) is 5.28. The van der Waals surface area contributed by atoms with Crippen LogP contribution in [0.5, 0.6) is 0 Å². The number of hydrogen-bond donors (Lipinski definition) is 1. The van der Waals surface area contributed by atoms with E-state index >= 15 is 0 Å². The SMILES string of the molecule is CNC1CCN(c2ccccc2C)C1=O. The van der Waals surface area contributed by atoms with E-state index < -0.39 is 0 Å². The normalized spacial score (nSPS) is 21.1. The van der Waals surface area contributed by atoms with E-state index in [1.165, 1.54) is 0 Å². The maximum Gasteiger partial charge on any atom is 0.244 e. The van der Waals surface area contributed by atoms with Crippen LogP contribution in [0.25, 0.3) is 0 Å². The fourth-order valence-corrected chi connectivity index (χ4v) is 2.05. The topological polar surface area (TPSA) is 32.3 Å². The summed E-state index contributed by atoms with van der Waals surface area (Å²) < 4.78 is 0. The number of nitrogens with zero attached hydrogens (tertiary/aromatic N) is 1. The van der Waals surface area contributed by atoms with Crippen LogP contribution in [0.4, 0.5) is 5.69 Å². The van der Waals surface area contributed by atoms with Crippen molar-refractivity contribution in [3.8, 4) is 0 Å². The molecule has 1 saturated heterocycles. The van der Waals surface area contributed by atoms with Crippen molar-refractivity contribution in [3.63, 3.8) is 0 Å². The summed E-state index contributed by atoms with van der Waals surface area (Å²) >= 11 is 0. The van der Waals surface area contributed by atoms with Gasteiger partial charge in [0.05, 0.1) is 6.04 Å². The van der Waals surface area contributed by atoms with Crippen LogP contribution >= 0.6 is 0 Å². The molecule has 0 spiro atoms. The molecule has 0 aromatic heterocycles. The zero-order chi connectivity index (χ0) is 10.8. The Balaban J connectivity index is 2.27. The highest BCUT2D eigenvalue weighted by Gasteiger charge is 2.31. The number of carbonyl (C=O) groups excluding carboxylic acids is 1. The molecule has 0 radical (unpaired) electrons. The Kier molecular flexibility index (Phi) is 2.73. The van der Waals surface area contributed by atoms with E-state index in [0.717, 1.165) is 24.2 Å². The molecule has 80 valence electrons. The number of rotatable bonds is 2. The van der Waals surface area contributed by atoms with Crippen molar-refractivity contribution in [3.05, 3.63) is 29.8 Å². The van der Waals surface area contributed by atoms with Crippen molar-refractivity contribution in [2.45, 2.75) is 19.4 Å². The van der Waals surface area contributed by atoms with E-state index in [1.807, 2.05) is 43.1 Å². The summed E-state index contributed by atoms with van der Waals surface area (Å²) in [5.74, 6) is 0.187. The van der Waals surface area contributed by atoms with E-state index in [-0.39, 0.29) is 11.9 Å². The van der Waals surface area contributed by atoms with Crippen LogP contribution in [-0.2, 0) is 4.79 Å². The molecular formula is C12H16N2O. The maximum atomic E-state index is 12.0. The van der Waals surface area contributed by atoms with Gasteiger partial charge in [-0.25, -0.2) is 0 Å². The first-order chi connectivity index (χ1) is 7.24. The molecule has 0 saturated carbocycles. The Bertz CT molecular complexity index is 376. The standard InChI is InChI=1S/C12H16N2O/c1-9-5-3-4-6-11(9)14-8-7-10(13-2)12(14)15/h3-6,10,13H,7-8H2,1-2H3. The quantitative estimate of drug-likeness (QED) is 0.788. The van der Waals surface area contributed by atoms with Gasteiger partial charge in [-0.05, 0) is 32.0 Å². The number of carbonyl (C=O) groups is 1. The molecule has 1 unspecified atom stereocenters. The second-order valence-corrected chi connectivity index (χ2v) is 3.91. The predicted molar refractivity (Wildman–Crippen MR) is 61.0 cm³/mol. The summed E-state index contributed by atoms with van der Waals surface area (Å²) in [6, 6.07) is 8.00. The predicted octanol–water partition coefficient (Wildman–Crippen LogP) is 1.32. The monoisotopic (exact) mass is 204 g/mol. The number of likely N-dealkylation sites (N-methyl/N-ethyl adjacent to an activating group) is 1. The van der Waals surface area contributed by atoms with Gasteiger partial charge in [0.1, 0.15) is 0 Å². The molecule has 1 aliphatic rings. The van der Waals surface area contributed by atoms with E-state index in [9.17, 15) is 4.79 Å². The molecule has 1 N–H and O–H groups in total. The molecule has 1 atom stereocenters. The van der Waals surface area contributed by atoms with Crippen LogP contribution in [-0.4, -0.2) is 25.5 Å². The molecule has 0 bridgehead atoms. The molecular weight excluding hydrogens is 188 g/mol. The number of benzene rings is 1. The lowest BCUT2D eigenvalue weighted by atomic mass is 10.2. The summed E-state index contributed by atoms with van der Waals surface area (Å²) in [4.78, 5) is 13.8. The van der Waals surface area contributed by atoms with Crippen molar-refractivity contribution < 1.29 is 4.79 Å². The average Bonchev–Trinajstić information content (AvgIpc) is 2.60. The second kappa shape index (κ2) is 4.03. The minimum absolute atomic E-state index is 0.00962. The lowest BCUT2D eigenvalue weighted by molar-refractivity contribution is -0.118. The third kappa shape index (κ3) is 1.75. The smallest absolute Gasteiger partial charge is 0.244 e. The summed E-state index contributed by atoms with van der Waals surface area (Å²) in [6.07, 6.45) is 0.893. The summed E-state index contributed by atoms with van der Waals surface area (Å²) in [6.45, 7) is 2.85. The minimum atomic E-state index is -0.00962. The first-order valence-electron chi connectivity index (χ1n) is 5.28. The van der Waals surface area contributed by atoms with Crippen LogP contribution < -0.4 is 10.2 Å². The van der Waals surface area contributed by atoms with E-state index in [2.05, 4.69) is 5.32 Å². The molecule has 1 aromatic carbocycles. The lowest BCUT2D eigenvalue weighted by Crippen LogP contribution is -2.36. The minimum Gasteiger partial charge on any atom is -0.311 e. The Labute approximate surface area is 90.1 Å². The van der Waals surface area contributed by atoms with E-state index in [4.69, 9.17) is 0 Å². The van der Waals surface area contributed by atoms with Gasteiger partial charge in [-0.1, -0.05) is 18.2 Å². The van der Waals surface area contributed by atoms with Crippen molar-refractivity contribution in [1.82, 2.24) is 5.32 Å². The molecule has 1 amide bonds. The van der Waals surface area contributed by atoms with Gasteiger partial charge in [0, 0.05) is 12.2 Å². The van der Waals surface area contributed by atoms with Crippen LogP contribution in [0.15, 0.2) is 24.3 Å². The van der Waals surface area contributed by atoms with Gasteiger partial charge >= 0.3 is 0 Å². The molecule has 15 heavy (non-hydrogen) atoms. The second-order valence-electron chi connectivity index (χ2n) is 3.91. The Morgan fingerprint density at radius 2 is 2.13 bits per heavy atom. The van der Waals surface area contributed by atoms with Gasteiger partial charge in [0.25, 0.3) is 0 Å². The number of para-hydroxylation sites is 1. The molecule has 1 aliphatic heterocycles. The van der Waals surface area contributed by atoms with Crippen molar-refractivity contribution in [2.75, 3.05) is 18.5 Å². The number of nitrogens with one attached hydrogen (secondary N) is 1. The number of aryl methyl sites for hydroxylation is 1. The molecule has 1 aromatic rings. The first kappa shape index (κ1) is 10.2. The molecule has 1 fully saturated rings. The molecule has 0 aliphatic carbocycles. The fraction of sp³-hybridized carbons (Fsp3) is 0.417.